The quantitative estimate of drug-likeness (QED) is 0.918. The molecular formula is C14H22N6. The van der Waals surface area contributed by atoms with E-state index in [0.29, 0.717) is 6.04 Å². The molecule has 0 spiro atoms. The van der Waals surface area contributed by atoms with Crippen molar-refractivity contribution < 1.29 is 0 Å². The summed E-state index contributed by atoms with van der Waals surface area (Å²) >= 11 is 0. The summed E-state index contributed by atoms with van der Waals surface area (Å²) in [6.07, 6.45) is 7.82. The molecule has 1 N–H and O–H groups in total. The molecule has 1 fully saturated rings. The number of nitrogens with one attached hydrogen (secondary N) is 1. The summed E-state index contributed by atoms with van der Waals surface area (Å²) in [5.74, 6) is 0.947. The standard InChI is InChI=1S/C14H22N6/c1-14(2,3)16-9-11-5-4-7-20(11)12-13-18-17-10-19(13)8-6-15-12/h6,8,10-11,16H,4-5,7,9H2,1-3H3. The summed E-state index contributed by atoms with van der Waals surface area (Å²) in [5, 5.41) is 11.8. The van der Waals surface area contributed by atoms with Gasteiger partial charge in [0.2, 0.25) is 5.65 Å². The Morgan fingerprint density at radius 1 is 1.40 bits per heavy atom. The third-order valence-corrected chi connectivity index (χ3v) is 3.71. The minimum atomic E-state index is 0.141. The number of aromatic nitrogens is 4. The second-order valence-electron chi connectivity index (χ2n) is 6.43. The van der Waals surface area contributed by atoms with Crippen LogP contribution in [0.5, 0.6) is 0 Å². The van der Waals surface area contributed by atoms with E-state index in [-0.39, 0.29) is 5.54 Å². The van der Waals surface area contributed by atoms with Crippen molar-refractivity contribution in [1.82, 2.24) is 24.9 Å². The normalized spacial score (nSPS) is 19.9. The van der Waals surface area contributed by atoms with Crippen LogP contribution in [0.15, 0.2) is 18.7 Å². The van der Waals surface area contributed by atoms with E-state index < -0.39 is 0 Å². The van der Waals surface area contributed by atoms with Crippen LogP contribution in [0.1, 0.15) is 33.6 Å². The summed E-state index contributed by atoms with van der Waals surface area (Å²) in [5.41, 5.74) is 0.984. The third kappa shape index (κ3) is 2.60. The van der Waals surface area contributed by atoms with Gasteiger partial charge >= 0.3 is 0 Å². The molecule has 2 aromatic rings. The van der Waals surface area contributed by atoms with Crippen LogP contribution in [0.2, 0.25) is 0 Å². The molecule has 0 aliphatic carbocycles. The SMILES string of the molecule is CC(C)(C)NCC1CCCN1c1nccn2cnnc12. The molecule has 108 valence electrons. The number of hydrogen-bond acceptors (Lipinski definition) is 5. The molecule has 6 heteroatoms. The summed E-state index contributed by atoms with van der Waals surface area (Å²) in [7, 11) is 0. The number of anilines is 1. The number of hydrogen-bond donors (Lipinski definition) is 1. The second kappa shape index (κ2) is 5.01. The lowest BCUT2D eigenvalue weighted by Gasteiger charge is -2.29. The minimum Gasteiger partial charge on any atom is -0.349 e. The highest BCUT2D eigenvalue weighted by atomic mass is 15.3. The largest absolute Gasteiger partial charge is 0.349 e. The van der Waals surface area contributed by atoms with Crippen molar-refractivity contribution in [3.8, 4) is 0 Å². The van der Waals surface area contributed by atoms with Gasteiger partial charge in [-0.25, -0.2) is 4.98 Å². The fourth-order valence-electron chi connectivity index (χ4n) is 2.70. The predicted molar refractivity (Wildman–Crippen MR) is 78.9 cm³/mol. The van der Waals surface area contributed by atoms with Gasteiger partial charge in [0.25, 0.3) is 0 Å². The molecule has 1 atom stereocenters. The smallest absolute Gasteiger partial charge is 0.203 e. The van der Waals surface area contributed by atoms with Gasteiger partial charge in [-0.2, -0.15) is 0 Å². The van der Waals surface area contributed by atoms with Gasteiger partial charge in [-0.3, -0.25) is 4.40 Å². The van der Waals surface area contributed by atoms with Crippen molar-refractivity contribution in [2.75, 3.05) is 18.0 Å². The van der Waals surface area contributed by atoms with E-state index in [9.17, 15) is 0 Å². The first-order valence-electron chi connectivity index (χ1n) is 7.21. The van der Waals surface area contributed by atoms with Crippen LogP contribution in [0, 0.1) is 0 Å². The van der Waals surface area contributed by atoms with E-state index >= 15 is 0 Å². The molecule has 0 aromatic carbocycles. The zero-order valence-corrected chi connectivity index (χ0v) is 12.4. The first-order chi connectivity index (χ1) is 9.54. The highest BCUT2D eigenvalue weighted by molar-refractivity contribution is 5.64. The van der Waals surface area contributed by atoms with E-state index in [1.165, 1.54) is 12.8 Å². The van der Waals surface area contributed by atoms with E-state index in [0.717, 1.165) is 24.6 Å². The molecule has 0 radical (unpaired) electrons. The maximum atomic E-state index is 4.53. The molecule has 1 unspecified atom stereocenters. The van der Waals surface area contributed by atoms with Crippen LogP contribution < -0.4 is 10.2 Å². The number of nitrogens with zero attached hydrogens (tertiary/aromatic N) is 5. The molecule has 0 saturated carbocycles. The van der Waals surface area contributed by atoms with Crippen molar-refractivity contribution in [1.29, 1.82) is 0 Å². The Morgan fingerprint density at radius 3 is 3.05 bits per heavy atom. The van der Waals surface area contributed by atoms with E-state index in [1.807, 2.05) is 16.8 Å². The molecule has 2 aromatic heterocycles. The van der Waals surface area contributed by atoms with Crippen LogP contribution in [0.4, 0.5) is 5.82 Å². The Kier molecular flexibility index (Phi) is 3.33. The van der Waals surface area contributed by atoms with Gasteiger partial charge in [-0.15, -0.1) is 10.2 Å². The fourth-order valence-corrected chi connectivity index (χ4v) is 2.70. The zero-order chi connectivity index (χ0) is 14.2. The molecule has 1 saturated heterocycles. The molecule has 1 aliphatic heterocycles. The average Bonchev–Trinajstić information content (AvgIpc) is 3.03. The van der Waals surface area contributed by atoms with E-state index in [1.54, 1.807) is 6.33 Å². The molecule has 20 heavy (non-hydrogen) atoms. The third-order valence-electron chi connectivity index (χ3n) is 3.71. The Labute approximate surface area is 119 Å². The predicted octanol–water partition coefficient (Wildman–Crippen LogP) is 1.48. The lowest BCUT2D eigenvalue weighted by molar-refractivity contribution is 0.404. The van der Waals surface area contributed by atoms with E-state index in [4.69, 9.17) is 0 Å². The topological polar surface area (TPSA) is 58.4 Å². The maximum Gasteiger partial charge on any atom is 0.203 e. The summed E-state index contributed by atoms with van der Waals surface area (Å²) in [6.45, 7) is 8.60. The number of rotatable bonds is 3. The van der Waals surface area contributed by atoms with Gasteiger partial charge in [0, 0.05) is 37.1 Å². The Morgan fingerprint density at radius 2 is 2.25 bits per heavy atom. The van der Waals surface area contributed by atoms with E-state index in [2.05, 4.69) is 46.2 Å². The van der Waals surface area contributed by atoms with Crippen molar-refractivity contribution in [3.05, 3.63) is 18.7 Å². The highest BCUT2D eigenvalue weighted by Gasteiger charge is 2.28. The van der Waals surface area contributed by atoms with Crippen LogP contribution in [0.25, 0.3) is 5.65 Å². The van der Waals surface area contributed by atoms with Gasteiger partial charge < -0.3 is 10.2 Å². The monoisotopic (exact) mass is 274 g/mol. The molecule has 0 bridgehead atoms. The molecule has 1 aliphatic rings. The first kappa shape index (κ1) is 13.3. The van der Waals surface area contributed by atoms with Crippen LogP contribution >= 0.6 is 0 Å². The van der Waals surface area contributed by atoms with Crippen molar-refractivity contribution >= 4 is 11.5 Å². The first-order valence-corrected chi connectivity index (χ1v) is 7.21. The summed E-state index contributed by atoms with van der Waals surface area (Å²) in [4.78, 5) is 6.89. The van der Waals surface area contributed by atoms with Crippen molar-refractivity contribution in [2.24, 2.45) is 0 Å². The van der Waals surface area contributed by atoms with Gasteiger partial charge in [0.05, 0.1) is 0 Å². The number of fused-ring (bicyclic) bond motifs is 1. The van der Waals surface area contributed by atoms with Gasteiger partial charge in [0.15, 0.2) is 5.82 Å². The summed E-state index contributed by atoms with van der Waals surface area (Å²) in [6, 6.07) is 0.477. The van der Waals surface area contributed by atoms with Gasteiger partial charge in [-0.05, 0) is 33.6 Å². The van der Waals surface area contributed by atoms with Crippen LogP contribution in [-0.4, -0.2) is 44.3 Å². The molecular weight excluding hydrogens is 252 g/mol. The second-order valence-corrected chi connectivity index (χ2v) is 6.43. The maximum absolute atomic E-state index is 4.53. The Balaban J connectivity index is 1.83. The lowest BCUT2D eigenvalue weighted by atomic mass is 10.1. The zero-order valence-electron chi connectivity index (χ0n) is 12.4. The minimum absolute atomic E-state index is 0.141. The van der Waals surface area contributed by atoms with Crippen LogP contribution in [-0.2, 0) is 0 Å². The Bertz CT molecular complexity index is 585. The van der Waals surface area contributed by atoms with Crippen LogP contribution in [0.3, 0.4) is 0 Å². The molecule has 3 rings (SSSR count). The lowest BCUT2D eigenvalue weighted by Crippen LogP contribution is -2.45. The highest BCUT2D eigenvalue weighted by Crippen LogP contribution is 2.26. The molecule has 6 nitrogen and oxygen atoms in total. The molecule has 0 amide bonds. The summed E-state index contributed by atoms with van der Waals surface area (Å²) < 4.78 is 1.93. The fraction of sp³-hybridized carbons (Fsp3) is 0.643. The molecule has 3 heterocycles. The van der Waals surface area contributed by atoms with Gasteiger partial charge in [-0.1, -0.05) is 0 Å². The van der Waals surface area contributed by atoms with Crippen molar-refractivity contribution in [3.63, 3.8) is 0 Å². The average molecular weight is 274 g/mol. The Hall–Kier alpha value is -1.69. The van der Waals surface area contributed by atoms with Crippen molar-refractivity contribution in [2.45, 2.75) is 45.2 Å². The van der Waals surface area contributed by atoms with Gasteiger partial charge in [0.1, 0.15) is 6.33 Å².